The number of hydrogen-bond donors (Lipinski definition) is 2. The van der Waals surface area contributed by atoms with E-state index in [4.69, 9.17) is 4.74 Å². The Labute approximate surface area is 114 Å². The van der Waals surface area contributed by atoms with E-state index < -0.39 is 0 Å². The monoisotopic (exact) mass is 263 g/mol. The van der Waals surface area contributed by atoms with E-state index in [9.17, 15) is 4.79 Å². The number of amides is 1. The second kappa shape index (κ2) is 7.43. The Morgan fingerprint density at radius 2 is 2.26 bits per heavy atom. The maximum absolute atomic E-state index is 11.4. The van der Waals surface area contributed by atoms with Crippen LogP contribution in [-0.4, -0.2) is 40.2 Å². The Balaban J connectivity index is 3.00. The Morgan fingerprint density at radius 3 is 2.84 bits per heavy atom. The van der Waals surface area contributed by atoms with Gasteiger partial charge in [-0.15, -0.1) is 0 Å². The fourth-order valence-electron chi connectivity index (χ4n) is 1.64. The zero-order valence-corrected chi connectivity index (χ0v) is 11.7. The first-order valence-electron chi connectivity index (χ1n) is 6.09. The highest BCUT2D eigenvalue weighted by Gasteiger charge is 2.10. The number of carbonyl (C=O) groups is 1. The molecule has 0 saturated carbocycles. The normalized spacial score (nSPS) is 9.84. The molecule has 0 fully saturated rings. The van der Waals surface area contributed by atoms with Gasteiger partial charge in [0.25, 0.3) is 0 Å². The molecule has 0 spiro atoms. The maximum atomic E-state index is 11.4. The van der Waals surface area contributed by atoms with Gasteiger partial charge < -0.3 is 20.3 Å². The van der Waals surface area contributed by atoms with Crippen LogP contribution in [0.2, 0.25) is 0 Å². The third kappa shape index (κ3) is 4.30. The molecule has 0 bridgehead atoms. The largest absolute Gasteiger partial charge is 0.497 e. The average molecular weight is 263 g/mol. The van der Waals surface area contributed by atoms with Crippen molar-refractivity contribution in [1.29, 1.82) is 0 Å². The van der Waals surface area contributed by atoms with Gasteiger partial charge >= 0.3 is 0 Å². The van der Waals surface area contributed by atoms with E-state index >= 15 is 0 Å². The molecule has 0 saturated heterocycles. The number of nitrogens with one attached hydrogen (secondary N) is 2. The van der Waals surface area contributed by atoms with Crippen molar-refractivity contribution in [2.75, 3.05) is 44.5 Å². The molecular formula is C14H21N3O2. The van der Waals surface area contributed by atoms with Crippen molar-refractivity contribution in [2.24, 2.45) is 0 Å². The van der Waals surface area contributed by atoms with Gasteiger partial charge in [-0.1, -0.05) is 6.58 Å². The molecule has 0 atom stereocenters. The van der Waals surface area contributed by atoms with Gasteiger partial charge in [-0.3, -0.25) is 4.79 Å². The van der Waals surface area contributed by atoms with Crippen molar-refractivity contribution in [3.63, 3.8) is 0 Å². The lowest BCUT2D eigenvalue weighted by Gasteiger charge is -2.23. The molecule has 5 nitrogen and oxygen atoms in total. The predicted octanol–water partition coefficient (Wildman–Crippen LogP) is 1.48. The molecule has 1 amide bonds. The van der Waals surface area contributed by atoms with Gasteiger partial charge in [0.05, 0.1) is 18.5 Å². The molecule has 1 aromatic carbocycles. The van der Waals surface area contributed by atoms with Crippen LogP contribution < -0.4 is 20.3 Å². The lowest BCUT2D eigenvalue weighted by atomic mass is 10.2. The summed E-state index contributed by atoms with van der Waals surface area (Å²) >= 11 is 0. The quantitative estimate of drug-likeness (QED) is 0.732. The fraction of sp³-hybridized carbons (Fsp3) is 0.357. The summed E-state index contributed by atoms with van der Waals surface area (Å²) in [6.45, 7) is 5.12. The third-order valence-electron chi connectivity index (χ3n) is 2.76. The van der Waals surface area contributed by atoms with Crippen LogP contribution in [0.15, 0.2) is 30.9 Å². The van der Waals surface area contributed by atoms with Crippen LogP contribution in [0.5, 0.6) is 5.75 Å². The molecule has 5 heteroatoms. The zero-order chi connectivity index (χ0) is 14.3. The second-order valence-electron chi connectivity index (χ2n) is 4.10. The fourth-order valence-corrected chi connectivity index (χ4v) is 1.64. The zero-order valence-electron chi connectivity index (χ0n) is 11.7. The van der Waals surface area contributed by atoms with Gasteiger partial charge in [-0.2, -0.15) is 0 Å². The lowest BCUT2D eigenvalue weighted by Crippen LogP contribution is -2.28. The van der Waals surface area contributed by atoms with Crippen LogP contribution in [-0.2, 0) is 4.79 Å². The molecule has 19 heavy (non-hydrogen) atoms. The van der Waals surface area contributed by atoms with Crippen molar-refractivity contribution >= 4 is 17.3 Å². The third-order valence-corrected chi connectivity index (χ3v) is 2.76. The van der Waals surface area contributed by atoms with E-state index in [1.807, 2.05) is 32.3 Å². The molecule has 0 aliphatic rings. The first kappa shape index (κ1) is 15.0. The number of likely N-dealkylation sites (N-methyl/N-ethyl adjacent to an activating group) is 2. The summed E-state index contributed by atoms with van der Waals surface area (Å²) in [6.07, 6.45) is 1.25. The maximum Gasteiger partial charge on any atom is 0.247 e. The predicted molar refractivity (Wildman–Crippen MR) is 79.0 cm³/mol. The van der Waals surface area contributed by atoms with Crippen LogP contribution in [0.25, 0.3) is 0 Å². The molecular weight excluding hydrogens is 242 g/mol. The van der Waals surface area contributed by atoms with Crippen LogP contribution in [0.4, 0.5) is 11.4 Å². The minimum Gasteiger partial charge on any atom is -0.497 e. The second-order valence-corrected chi connectivity index (χ2v) is 4.10. The topological polar surface area (TPSA) is 53.6 Å². The summed E-state index contributed by atoms with van der Waals surface area (Å²) in [4.78, 5) is 13.5. The summed E-state index contributed by atoms with van der Waals surface area (Å²) in [5, 5.41) is 5.89. The van der Waals surface area contributed by atoms with E-state index in [2.05, 4.69) is 22.1 Å². The first-order valence-corrected chi connectivity index (χ1v) is 6.09. The van der Waals surface area contributed by atoms with Crippen LogP contribution in [0.3, 0.4) is 0 Å². The molecule has 104 valence electrons. The van der Waals surface area contributed by atoms with Gasteiger partial charge in [0.15, 0.2) is 0 Å². The standard InChI is InChI=1S/C14H21N3O2/c1-5-14(18)16-12-7-6-11(19-4)10-13(12)17(3)9-8-15-2/h5-7,10,15H,1,8-9H2,2-4H3,(H,16,18). The van der Waals surface area contributed by atoms with Crippen molar-refractivity contribution in [3.8, 4) is 5.75 Å². The Bertz CT molecular complexity index is 446. The summed E-state index contributed by atoms with van der Waals surface area (Å²) in [5.74, 6) is 0.524. The van der Waals surface area contributed by atoms with Gasteiger partial charge in [-0.25, -0.2) is 0 Å². The van der Waals surface area contributed by atoms with Gasteiger partial charge in [-0.05, 0) is 25.3 Å². The molecule has 1 aromatic rings. The molecule has 0 aromatic heterocycles. The molecule has 1 rings (SSSR count). The van der Waals surface area contributed by atoms with E-state index in [0.717, 1.165) is 30.2 Å². The number of rotatable bonds is 7. The minimum atomic E-state index is -0.228. The molecule has 0 unspecified atom stereocenters. The highest BCUT2D eigenvalue weighted by atomic mass is 16.5. The van der Waals surface area contributed by atoms with Crippen molar-refractivity contribution in [3.05, 3.63) is 30.9 Å². The summed E-state index contributed by atoms with van der Waals surface area (Å²) in [7, 11) is 5.49. The number of carbonyl (C=O) groups excluding carboxylic acids is 1. The smallest absolute Gasteiger partial charge is 0.247 e. The number of nitrogens with zero attached hydrogens (tertiary/aromatic N) is 1. The molecule has 0 aliphatic carbocycles. The van der Waals surface area contributed by atoms with E-state index in [1.165, 1.54) is 6.08 Å². The molecule has 0 heterocycles. The van der Waals surface area contributed by atoms with Gasteiger partial charge in [0, 0.05) is 26.2 Å². The number of hydrogen-bond acceptors (Lipinski definition) is 4. The number of benzene rings is 1. The van der Waals surface area contributed by atoms with Crippen molar-refractivity contribution in [1.82, 2.24) is 5.32 Å². The summed E-state index contributed by atoms with van der Waals surface area (Å²) in [5.41, 5.74) is 1.65. The molecule has 2 N–H and O–H groups in total. The van der Waals surface area contributed by atoms with Crippen LogP contribution in [0.1, 0.15) is 0 Å². The van der Waals surface area contributed by atoms with Crippen LogP contribution >= 0.6 is 0 Å². The summed E-state index contributed by atoms with van der Waals surface area (Å²) < 4.78 is 5.22. The van der Waals surface area contributed by atoms with E-state index in [1.54, 1.807) is 7.11 Å². The Hall–Kier alpha value is -2.01. The highest BCUT2D eigenvalue weighted by molar-refractivity contribution is 6.01. The number of methoxy groups -OCH3 is 1. The van der Waals surface area contributed by atoms with Crippen LogP contribution in [0, 0.1) is 0 Å². The number of ether oxygens (including phenoxy) is 1. The Morgan fingerprint density at radius 1 is 1.53 bits per heavy atom. The molecule has 0 aliphatic heterocycles. The average Bonchev–Trinajstić information content (AvgIpc) is 2.44. The highest BCUT2D eigenvalue weighted by Crippen LogP contribution is 2.29. The van der Waals surface area contributed by atoms with Crippen molar-refractivity contribution in [2.45, 2.75) is 0 Å². The van der Waals surface area contributed by atoms with E-state index in [-0.39, 0.29) is 5.91 Å². The first-order chi connectivity index (χ1) is 9.12. The Kier molecular flexibility index (Phi) is 5.89. The van der Waals surface area contributed by atoms with Crippen molar-refractivity contribution < 1.29 is 9.53 Å². The SMILES string of the molecule is C=CC(=O)Nc1ccc(OC)cc1N(C)CCNC. The number of anilines is 2. The van der Waals surface area contributed by atoms with E-state index in [0.29, 0.717) is 0 Å². The lowest BCUT2D eigenvalue weighted by molar-refractivity contribution is -0.111. The summed E-state index contributed by atoms with van der Waals surface area (Å²) in [6, 6.07) is 5.54. The van der Waals surface area contributed by atoms with Gasteiger partial charge in [0.1, 0.15) is 5.75 Å². The molecule has 0 radical (unpaired) electrons. The van der Waals surface area contributed by atoms with Gasteiger partial charge in [0.2, 0.25) is 5.91 Å². The minimum absolute atomic E-state index is 0.228.